The minimum atomic E-state index is -2.02. The maximum Gasteiger partial charge on any atom is 0.311 e. The van der Waals surface area contributed by atoms with Gasteiger partial charge in [-0.25, -0.2) is 0 Å². The number of amides is 1. The molecule has 15 heteroatoms. The first-order valence-electron chi connectivity index (χ1n) is 18.5. The van der Waals surface area contributed by atoms with E-state index in [-0.39, 0.29) is 19.3 Å². The summed E-state index contributed by atoms with van der Waals surface area (Å²) in [5, 5.41) is 57.6. The summed E-state index contributed by atoms with van der Waals surface area (Å²) in [5.74, 6) is -5.25. The second-order valence-corrected chi connectivity index (χ2v) is 16.3. The molecule has 52 heavy (non-hydrogen) atoms. The molecule has 18 atom stereocenters. The van der Waals surface area contributed by atoms with Crippen LogP contribution in [0.1, 0.15) is 94.9 Å². The molecule has 5 N–H and O–H groups in total. The average Bonchev–Trinajstić information content (AvgIpc) is 3.08. The number of hydrogen-bond acceptors (Lipinski definition) is 14. The van der Waals surface area contributed by atoms with Crippen molar-refractivity contribution in [3.8, 4) is 0 Å². The maximum atomic E-state index is 14.1. The topological polar surface area (TPSA) is 211 Å². The summed E-state index contributed by atoms with van der Waals surface area (Å²) in [6, 6.07) is -0.678. The molecule has 302 valence electrons. The van der Waals surface area contributed by atoms with Crippen LogP contribution in [0.4, 0.5) is 0 Å². The minimum absolute atomic E-state index is 0.0610. The first-order valence-corrected chi connectivity index (χ1v) is 18.5. The van der Waals surface area contributed by atoms with Gasteiger partial charge >= 0.3 is 5.97 Å². The van der Waals surface area contributed by atoms with Gasteiger partial charge in [-0.1, -0.05) is 27.7 Å². The molecule has 0 aromatic heterocycles. The number of hydrogen-bond donors (Lipinski definition) is 5. The Kier molecular flexibility index (Phi) is 14.9. The molecule has 0 aromatic rings. The van der Waals surface area contributed by atoms with Gasteiger partial charge in [0.15, 0.2) is 12.6 Å². The Morgan fingerprint density at radius 2 is 1.54 bits per heavy atom. The number of Topliss-reactive ketones (excluding diaryl/α,β-unsaturated/α-hetero) is 1. The molecule has 15 nitrogen and oxygen atoms in total. The molecular weight excluding hydrogens is 682 g/mol. The van der Waals surface area contributed by atoms with E-state index in [0.717, 1.165) is 0 Å². The molecule has 3 aliphatic heterocycles. The lowest BCUT2D eigenvalue weighted by molar-refractivity contribution is -0.317. The molecule has 0 radical (unpaired) electrons. The van der Waals surface area contributed by atoms with Crippen LogP contribution in [0.25, 0.3) is 0 Å². The third-order valence-corrected chi connectivity index (χ3v) is 11.8. The maximum absolute atomic E-state index is 14.1. The number of ether oxygens (including phenoxy) is 6. The molecular formula is C37H65NO14. The molecule has 1 unspecified atom stereocenters. The lowest BCUT2D eigenvalue weighted by Gasteiger charge is -2.49. The summed E-state index contributed by atoms with van der Waals surface area (Å²) in [4.78, 5) is 40.9. The average molecular weight is 748 g/mol. The quantitative estimate of drug-likeness (QED) is 0.175. The van der Waals surface area contributed by atoms with Gasteiger partial charge in [0.2, 0.25) is 6.41 Å². The van der Waals surface area contributed by atoms with Crippen LogP contribution in [-0.2, 0) is 42.8 Å². The summed E-state index contributed by atoms with van der Waals surface area (Å²) < 4.78 is 36.8. The van der Waals surface area contributed by atoms with Crippen molar-refractivity contribution >= 4 is 18.2 Å². The molecule has 3 heterocycles. The lowest BCUT2D eigenvalue weighted by atomic mass is 9.74. The highest BCUT2D eigenvalue weighted by Gasteiger charge is 2.53. The highest BCUT2D eigenvalue weighted by atomic mass is 16.7. The van der Waals surface area contributed by atoms with E-state index in [2.05, 4.69) is 0 Å². The van der Waals surface area contributed by atoms with Crippen molar-refractivity contribution in [3.05, 3.63) is 0 Å². The standard InChI is InChI=1S/C37H65NO14/c1-13-25-37(10,46)30(42)20(4)27(40)18(2)15-35(8,45)32(52-34-28(41)24(38(11)17-39)14-19(3)48-34)21(5)29(22(6)33(44)50-25)51-26-16-36(9,47-12)31(43)23(7)49-26/h17-26,28-32,34,41-43,45-46H,13-16H2,1-12H3/t18-,19-,20+,21+,22-,23+,24+,25?,26+,28-,29+,30-,31+,32-,34+,35-,36-,37-/m1/s1. The minimum Gasteiger partial charge on any atom is -0.459 e. The molecule has 0 saturated carbocycles. The highest BCUT2D eigenvalue weighted by molar-refractivity contribution is 5.83. The van der Waals surface area contributed by atoms with Crippen molar-refractivity contribution in [1.82, 2.24) is 4.90 Å². The largest absolute Gasteiger partial charge is 0.459 e. The fraction of sp³-hybridized carbons (Fsp3) is 0.919. The van der Waals surface area contributed by atoms with E-state index in [9.17, 15) is 39.9 Å². The summed E-state index contributed by atoms with van der Waals surface area (Å²) >= 11 is 0. The lowest BCUT2D eigenvalue weighted by Crippen LogP contribution is -2.61. The fourth-order valence-corrected chi connectivity index (χ4v) is 8.38. The number of esters is 1. The van der Waals surface area contributed by atoms with Crippen molar-refractivity contribution < 1.29 is 68.3 Å². The first-order chi connectivity index (χ1) is 24.0. The van der Waals surface area contributed by atoms with Gasteiger partial charge in [-0.2, -0.15) is 0 Å². The Morgan fingerprint density at radius 1 is 0.923 bits per heavy atom. The highest BCUT2D eigenvalue weighted by Crippen LogP contribution is 2.40. The number of cyclic esters (lactones) is 1. The summed E-state index contributed by atoms with van der Waals surface area (Å²) in [5.41, 5.74) is -4.96. The van der Waals surface area contributed by atoms with Gasteiger partial charge in [-0.3, -0.25) is 14.4 Å². The number of likely N-dealkylation sites (N-methyl/N-ethyl adjacent to an activating group) is 1. The Morgan fingerprint density at radius 3 is 2.10 bits per heavy atom. The number of methoxy groups -OCH3 is 1. The van der Waals surface area contributed by atoms with Crippen LogP contribution in [0.15, 0.2) is 0 Å². The predicted octanol–water partition coefficient (Wildman–Crippen LogP) is 1.31. The number of ketones is 1. The molecule has 1 amide bonds. The molecule has 3 fully saturated rings. The van der Waals surface area contributed by atoms with E-state index >= 15 is 0 Å². The monoisotopic (exact) mass is 747 g/mol. The molecule has 0 aliphatic carbocycles. The number of carbonyl (C=O) groups excluding carboxylic acids is 3. The number of rotatable bonds is 8. The number of aliphatic hydroxyl groups is 5. The van der Waals surface area contributed by atoms with E-state index in [1.807, 2.05) is 0 Å². The van der Waals surface area contributed by atoms with E-state index in [1.54, 1.807) is 48.5 Å². The predicted molar refractivity (Wildman–Crippen MR) is 186 cm³/mol. The van der Waals surface area contributed by atoms with Gasteiger partial charge in [0.05, 0.1) is 53.7 Å². The third kappa shape index (κ3) is 9.35. The van der Waals surface area contributed by atoms with Crippen LogP contribution in [0.2, 0.25) is 0 Å². The van der Waals surface area contributed by atoms with Crippen molar-refractivity contribution in [2.45, 2.75) is 179 Å². The second kappa shape index (κ2) is 17.3. The van der Waals surface area contributed by atoms with Crippen LogP contribution in [0, 0.1) is 23.7 Å². The Labute approximate surface area is 308 Å². The molecule has 0 spiro atoms. The number of nitrogens with zero attached hydrogens (tertiary/aromatic N) is 1. The summed E-state index contributed by atoms with van der Waals surface area (Å²) in [6.45, 7) is 16.0. The first kappa shape index (κ1) is 44.6. The van der Waals surface area contributed by atoms with Crippen LogP contribution in [0.3, 0.4) is 0 Å². The van der Waals surface area contributed by atoms with Gasteiger partial charge in [0.25, 0.3) is 0 Å². The van der Waals surface area contributed by atoms with Crippen molar-refractivity contribution in [2.24, 2.45) is 23.7 Å². The molecule has 3 rings (SSSR count). The zero-order valence-electron chi connectivity index (χ0n) is 32.9. The third-order valence-electron chi connectivity index (χ3n) is 11.8. The van der Waals surface area contributed by atoms with E-state index in [0.29, 0.717) is 12.8 Å². The normalized spacial score (nSPS) is 48.8. The Bertz CT molecular complexity index is 1220. The second-order valence-electron chi connectivity index (χ2n) is 16.3. The van der Waals surface area contributed by atoms with E-state index in [4.69, 9.17) is 28.4 Å². The smallest absolute Gasteiger partial charge is 0.311 e. The van der Waals surface area contributed by atoms with Crippen molar-refractivity contribution in [2.75, 3.05) is 14.2 Å². The van der Waals surface area contributed by atoms with Gasteiger partial charge < -0.3 is 58.9 Å². The zero-order chi connectivity index (χ0) is 39.7. The van der Waals surface area contributed by atoms with Crippen LogP contribution in [-0.4, -0.2) is 147 Å². The Balaban J connectivity index is 2.19. The van der Waals surface area contributed by atoms with Crippen molar-refractivity contribution in [3.63, 3.8) is 0 Å². The Hall–Kier alpha value is -1.79. The van der Waals surface area contributed by atoms with Gasteiger partial charge in [-0.15, -0.1) is 0 Å². The van der Waals surface area contributed by atoms with Crippen LogP contribution >= 0.6 is 0 Å². The van der Waals surface area contributed by atoms with Gasteiger partial charge in [0.1, 0.15) is 29.7 Å². The van der Waals surface area contributed by atoms with Crippen LogP contribution < -0.4 is 0 Å². The number of aliphatic hydroxyl groups excluding tert-OH is 3. The van der Waals surface area contributed by atoms with Gasteiger partial charge in [0, 0.05) is 38.3 Å². The molecule has 0 bridgehead atoms. The van der Waals surface area contributed by atoms with Crippen molar-refractivity contribution in [1.29, 1.82) is 0 Å². The van der Waals surface area contributed by atoms with Gasteiger partial charge in [-0.05, 0) is 60.8 Å². The molecule has 0 aromatic carbocycles. The fourth-order valence-electron chi connectivity index (χ4n) is 8.38. The zero-order valence-corrected chi connectivity index (χ0v) is 32.9. The molecule has 3 aliphatic rings. The SMILES string of the molecule is CCC1OC(=O)[C@H](C)[C@@H](O[C@H]2C[C@@](C)(OC)[C@@H](O)[C@H](C)O2)[C@H](C)[C@@H](O[C@@H]2O[C@H](C)C[C@H](N(C)C=O)[C@H]2O)[C@](C)(O)C[C@@H](C)C(=O)[C@H](C)[C@@H](O)[C@]1(C)O. The summed E-state index contributed by atoms with van der Waals surface area (Å²) in [6.07, 6.45) is -10.3. The van der Waals surface area contributed by atoms with E-state index in [1.165, 1.54) is 39.8 Å². The van der Waals surface area contributed by atoms with E-state index < -0.39 is 120 Å². The molecule has 3 saturated heterocycles. The van der Waals surface area contributed by atoms with Crippen LogP contribution in [0.5, 0.6) is 0 Å². The summed E-state index contributed by atoms with van der Waals surface area (Å²) in [7, 11) is 3.00. The number of carbonyl (C=O) groups is 3.